The van der Waals surface area contributed by atoms with Gasteiger partial charge in [-0.3, -0.25) is 4.90 Å². The molecule has 1 unspecified atom stereocenters. The van der Waals surface area contributed by atoms with Crippen molar-refractivity contribution in [1.82, 2.24) is 0 Å². The number of thioether (sulfide) groups is 1. The summed E-state index contributed by atoms with van der Waals surface area (Å²) < 4.78 is 5.69. The highest BCUT2D eigenvalue weighted by atomic mass is 32.2. The first kappa shape index (κ1) is 12.7. The Hall–Kier alpha value is -1.36. The van der Waals surface area contributed by atoms with Crippen molar-refractivity contribution in [2.45, 2.75) is 24.9 Å². The predicted molar refractivity (Wildman–Crippen MR) is 75.8 cm³/mol. The van der Waals surface area contributed by atoms with E-state index in [0.717, 1.165) is 30.8 Å². The van der Waals surface area contributed by atoms with Crippen LogP contribution in [0, 0.1) is 0 Å². The van der Waals surface area contributed by atoms with Crippen LogP contribution in [0.25, 0.3) is 0 Å². The quantitative estimate of drug-likeness (QED) is 0.858. The number of benzene rings is 1. The highest BCUT2D eigenvalue weighted by Gasteiger charge is 2.42. The van der Waals surface area contributed by atoms with Crippen LogP contribution in [0.5, 0.6) is 5.75 Å². The van der Waals surface area contributed by atoms with E-state index >= 15 is 0 Å². The monoisotopic (exact) mass is 279 g/mol. The highest BCUT2D eigenvalue weighted by Crippen LogP contribution is 2.38. The molecule has 2 aliphatic heterocycles. The Balaban J connectivity index is 1.78. The van der Waals surface area contributed by atoms with E-state index in [9.17, 15) is 9.90 Å². The summed E-state index contributed by atoms with van der Waals surface area (Å²) in [5.41, 5.74) is 0.256. The van der Waals surface area contributed by atoms with Crippen LogP contribution in [0.2, 0.25) is 0 Å². The van der Waals surface area contributed by atoms with Crippen LogP contribution in [-0.2, 0) is 4.74 Å². The lowest BCUT2D eigenvalue weighted by molar-refractivity contribution is 0.00453. The molecule has 1 atom stereocenters. The second-order valence-electron chi connectivity index (χ2n) is 5.10. The molecule has 5 heteroatoms. The minimum atomic E-state index is -0.338. The molecule has 2 saturated heterocycles. The third kappa shape index (κ3) is 2.39. The van der Waals surface area contributed by atoms with E-state index in [4.69, 9.17) is 4.74 Å². The molecule has 1 aromatic rings. The molecule has 19 heavy (non-hydrogen) atoms. The van der Waals surface area contributed by atoms with Crippen molar-refractivity contribution >= 4 is 23.5 Å². The van der Waals surface area contributed by atoms with Crippen LogP contribution in [0.4, 0.5) is 10.5 Å². The summed E-state index contributed by atoms with van der Waals surface area (Å²) in [7, 11) is 0. The van der Waals surface area contributed by atoms with Crippen LogP contribution >= 0.6 is 11.8 Å². The average Bonchev–Trinajstić information content (AvgIpc) is 2.41. The summed E-state index contributed by atoms with van der Waals surface area (Å²) in [4.78, 5) is 13.7. The Kier molecular flexibility index (Phi) is 3.31. The first-order valence-corrected chi connectivity index (χ1v) is 7.72. The molecule has 1 spiro atoms. The van der Waals surface area contributed by atoms with Gasteiger partial charge in [-0.1, -0.05) is 12.1 Å². The maximum Gasteiger partial charge on any atom is 0.414 e. The fourth-order valence-electron chi connectivity index (χ4n) is 2.71. The Labute approximate surface area is 116 Å². The van der Waals surface area contributed by atoms with Gasteiger partial charge in [0.15, 0.2) is 0 Å². The van der Waals surface area contributed by atoms with Gasteiger partial charge in [0, 0.05) is 18.7 Å². The van der Waals surface area contributed by atoms with Crippen molar-refractivity contribution in [2.75, 3.05) is 23.0 Å². The molecule has 1 N–H and O–H groups in total. The lowest BCUT2D eigenvalue weighted by Gasteiger charge is -2.43. The maximum absolute atomic E-state index is 12.2. The van der Waals surface area contributed by atoms with Gasteiger partial charge in [0.05, 0.1) is 5.69 Å². The lowest BCUT2D eigenvalue weighted by atomic mass is 9.94. The molecule has 102 valence electrons. The number of hydrogen-bond acceptors (Lipinski definition) is 4. The fraction of sp³-hybridized carbons (Fsp3) is 0.500. The van der Waals surface area contributed by atoms with E-state index in [1.54, 1.807) is 18.2 Å². The Morgan fingerprint density at radius 1 is 1.32 bits per heavy atom. The van der Waals surface area contributed by atoms with Crippen LogP contribution in [-0.4, -0.2) is 34.9 Å². The highest BCUT2D eigenvalue weighted by molar-refractivity contribution is 7.99. The smallest absolute Gasteiger partial charge is 0.414 e. The van der Waals surface area contributed by atoms with Crippen molar-refractivity contribution < 1.29 is 14.6 Å². The Bertz CT molecular complexity index is 485. The zero-order valence-electron chi connectivity index (χ0n) is 10.7. The third-order valence-corrected chi connectivity index (χ3v) is 5.08. The van der Waals surface area contributed by atoms with Gasteiger partial charge in [0.25, 0.3) is 0 Å². The molecule has 1 amide bonds. The number of aromatic hydroxyl groups is 1. The van der Waals surface area contributed by atoms with Gasteiger partial charge in [0.1, 0.15) is 11.4 Å². The summed E-state index contributed by atoms with van der Waals surface area (Å²) in [6.07, 6.45) is 2.56. The van der Waals surface area contributed by atoms with Crippen LogP contribution in [0.1, 0.15) is 19.3 Å². The minimum Gasteiger partial charge on any atom is -0.506 e. The number of amides is 1. The molecule has 0 aliphatic carbocycles. The number of phenols is 1. The molecule has 3 rings (SSSR count). The van der Waals surface area contributed by atoms with Gasteiger partial charge < -0.3 is 9.84 Å². The molecule has 0 saturated carbocycles. The van der Waals surface area contributed by atoms with E-state index in [1.807, 2.05) is 17.8 Å². The molecule has 0 bridgehead atoms. The Morgan fingerprint density at radius 3 is 2.84 bits per heavy atom. The number of anilines is 1. The van der Waals surface area contributed by atoms with Gasteiger partial charge in [-0.05, 0) is 30.7 Å². The number of nitrogens with zero attached hydrogens (tertiary/aromatic N) is 1. The number of carbonyl (C=O) groups is 1. The van der Waals surface area contributed by atoms with E-state index < -0.39 is 0 Å². The van der Waals surface area contributed by atoms with E-state index in [1.165, 1.54) is 4.90 Å². The first-order valence-electron chi connectivity index (χ1n) is 6.56. The fourth-order valence-corrected chi connectivity index (χ4v) is 3.93. The summed E-state index contributed by atoms with van der Waals surface area (Å²) in [5.74, 6) is 2.17. The van der Waals surface area contributed by atoms with E-state index in [0.29, 0.717) is 12.2 Å². The van der Waals surface area contributed by atoms with Gasteiger partial charge >= 0.3 is 6.09 Å². The zero-order chi connectivity index (χ0) is 13.3. The first-order chi connectivity index (χ1) is 9.20. The second-order valence-corrected chi connectivity index (χ2v) is 6.20. The topological polar surface area (TPSA) is 49.8 Å². The molecule has 1 aromatic carbocycles. The van der Waals surface area contributed by atoms with Gasteiger partial charge in [-0.2, -0.15) is 11.8 Å². The zero-order valence-corrected chi connectivity index (χ0v) is 11.5. The molecule has 4 nitrogen and oxygen atoms in total. The number of carbonyl (C=O) groups excluding carboxylic acids is 1. The molecular weight excluding hydrogens is 262 g/mol. The molecule has 0 radical (unpaired) electrons. The Morgan fingerprint density at radius 2 is 2.16 bits per heavy atom. The van der Waals surface area contributed by atoms with Crippen molar-refractivity contribution in [3.63, 3.8) is 0 Å². The van der Waals surface area contributed by atoms with E-state index in [2.05, 4.69) is 0 Å². The molecule has 2 aliphatic rings. The largest absolute Gasteiger partial charge is 0.506 e. The minimum absolute atomic E-state index is 0.119. The van der Waals surface area contributed by atoms with Crippen molar-refractivity contribution in [2.24, 2.45) is 0 Å². The maximum atomic E-state index is 12.2. The van der Waals surface area contributed by atoms with Crippen molar-refractivity contribution in [1.29, 1.82) is 0 Å². The predicted octanol–water partition coefficient (Wildman–Crippen LogP) is 3.00. The molecule has 2 fully saturated rings. The number of hydrogen-bond donors (Lipinski definition) is 1. The summed E-state index contributed by atoms with van der Waals surface area (Å²) >= 11 is 1.86. The van der Waals surface area contributed by atoms with Crippen molar-refractivity contribution in [3.8, 4) is 5.75 Å². The van der Waals surface area contributed by atoms with E-state index in [-0.39, 0.29) is 17.4 Å². The van der Waals surface area contributed by atoms with Crippen molar-refractivity contribution in [3.05, 3.63) is 24.3 Å². The normalized spacial score (nSPS) is 27.4. The molecule has 2 heterocycles. The molecular formula is C14H17NO3S. The number of phenolic OH excluding ortho intramolecular Hbond substituents is 1. The molecule has 0 aromatic heterocycles. The SMILES string of the molecule is O=C1OC2(CCCSC2)CCN1c1ccccc1O. The standard InChI is InChI=1S/C14H17NO3S/c16-12-5-2-1-4-11(12)15-8-7-14(18-13(15)17)6-3-9-19-10-14/h1-2,4-5,16H,3,6-10H2. The van der Waals surface area contributed by atoms with Crippen LogP contribution in [0.3, 0.4) is 0 Å². The second kappa shape index (κ2) is 4.96. The van der Waals surface area contributed by atoms with Gasteiger partial charge in [-0.15, -0.1) is 0 Å². The van der Waals surface area contributed by atoms with Gasteiger partial charge in [-0.25, -0.2) is 4.79 Å². The number of ether oxygens (including phenoxy) is 1. The lowest BCUT2D eigenvalue weighted by Crippen LogP contribution is -2.52. The average molecular weight is 279 g/mol. The van der Waals surface area contributed by atoms with Crippen LogP contribution < -0.4 is 4.90 Å². The summed E-state index contributed by atoms with van der Waals surface area (Å²) in [5, 5.41) is 9.83. The third-order valence-electron chi connectivity index (χ3n) is 3.77. The summed E-state index contributed by atoms with van der Waals surface area (Å²) in [6, 6.07) is 6.88. The summed E-state index contributed by atoms with van der Waals surface area (Å²) in [6.45, 7) is 0.608. The number of para-hydroxylation sites is 2. The van der Waals surface area contributed by atoms with Crippen LogP contribution in [0.15, 0.2) is 24.3 Å². The number of rotatable bonds is 1. The van der Waals surface area contributed by atoms with Gasteiger partial charge in [0.2, 0.25) is 0 Å².